The largest absolute Gasteiger partial charge is 0.211 e. The molecule has 0 radical (unpaired) electrons. The maximum absolute atomic E-state index is 13.6. The molecule has 2 unspecified atom stereocenters. The molecule has 2 atom stereocenters. The van der Waals surface area contributed by atoms with Crippen molar-refractivity contribution < 1.29 is 13.2 Å². The molecule has 0 amide bonds. The van der Waals surface area contributed by atoms with Gasteiger partial charge < -0.3 is 0 Å². The van der Waals surface area contributed by atoms with E-state index in [2.05, 4.69) is 0 Å². The van der Waals surface area contributed by atoms with Gasteiger partial charge in [0.15, 0.2) is 0 Å². The van der Waals surface area contributed by atoms with Crippen LogP contribution in [-0.2, 0) is 0 Å². The Hall–Kier alpha value is -1.77. The van der Waals surface area contributed by atoms with Crippen LogP contribution in [0.3, 0.4) is 0 Å². The van der Waals surface area contributed by atoms with Crippen LogP contribution in [0.1, 0.15) is 12.5 Å². The molecule has 0 saturated heterocycles. The van der Waals surface area contributed by atoms with Crippen LogP contribution in [0.5, 0.6) is 0 Å². The lowest BCUT2D eigenvalue weighted by atomic mass is 9.88. The molecule has 0 spiro atoms. The lowest BCUT2D eigenvalue weighted by molar-refractivity contribution is 0.453. The van der Waals surface area contributed by atoms with Crippen LogP contribution in [0, 0.1) is 23.5 Å². The summed E-state index contributed by atoms with van der Waals surface area (Å²) in [6, 6.07) is 3.21. The second-order valence-corrected chi connectivity index (χ2v) is 4.35. The van der Waals surface area contributed by atoms with Crippen molar-refractivity contribution in [3.63, 3.8) is 0 Å². The molecule has 94 valence electrons. The number of allylic oxidation sites excluding steroid dienone is 5. The zero-order chi connectivity index (χ0) is 13.1. The van der Waals surface area contributed by atoms with Crippen LogP contribution in [0.2, 0.25) is 0 Å². The van der Waals surface area contributed by atoms with E-state index < -0.39 is 17.6 Å². The molecule has 0 bridgehead atoms. The first-order chi connectivity index (χ1) is 8.58. The van der Waals surface area contributed by atoms with Crippen LogP contribution >= 0.6 is 0 Å². The van der Waals surface area contributed by atoms with Crippen molar-refractivity contribution >= 4 is 6.08 Å². The molecule has 1 aromatic rings. The zero-order valence-electron chi connectivity index (χ0n) is 9.91. The normalized spacial score (nSPS) is 23.4. The summed E-state index contributed by atoms with van der Waals surface area (Å²) in [7, 11) is 0. The highest BCUT2D eigenvalue weighted by atomic mass is 19.1. The molecule has 0 aliphatic heterocycles. The van der Waals surface area contributed by atoms with Gasteiger partial charge in [-0.1, -0.05) is 31.2 Å². The zero-order valence-corrected chi connectivity index (χ0v) is 9.91. The third-order valence-electron chi connectivity index (χ3n) is 3.00. The molecular formula is C15H13F3. The first kappa shape index (κ1) is 12.7. The van der Waals surface area contributed by atoms with Crippen molar-refractivity contribution in [1.29, 1.82) is 0 Å². The monoisotopic (exact) mass is 250 g/mol. The summed E-state index contributed by atoms with van der Waals surface area (Å²) in [6.45, 7) is 1.88. The van der Waals surface area contributed by atoms with Gasteiger partial charge in [-0.3, -0.25) is 0 Å². The summed E-state index contributed by atoms with van der Waals surface area (Å²) in [5, 5.41) is 0. The maximum atomic E-state index is 13.6. The molecule has 3 heteroatoms. The minimum Gasteiger partial charge on any atom is -0.211 e. The third-order valence-corrected chi connectivity index (χ3v) is 3.00. The first-order valence-electron chi connectivity index (χ1n) is 5.75. The van der Waals surface area contributed by atoms with Crippen molar-refractivity contribution in [1.82, 2.24) is 0 Å². The van der Waals surface area contributed by atoms with E-state index in [1.807, 2.05) is 13.0 Å². The van der Waals surface area contributed by atoms with Crippen LogP contribution < -0.4 is 0 Å². The van der Waals surface area contributed by atoms with Crippen LogP contribution in [0.15, 0.2) is 48.3 Å². The number of rotatable bonds is 2. The van der Waals surface area contributed by atoms with Gasteiger partial charge in [-0.25, -0.2) is 13.2 Å². The molecule has 1 aliphatic rings. The Bertz CT molecular complexity index is 527. The summed E-state index contributed by atoms with van der Waals surface area (Å²) >= 11 is 0. The van der Waals surface area contributed by atoms with Gasteiger partial charge in [0.05, 0.1) is 0 Å². The van der Waals surface area contributed by atoms with Crippen LogP contribution in [0.25, 0.3) is 6.08 Å². The molecule has 18 heavy (non-hydrogen) atoms. The van der Waals surface area contributed by atoms with E-state index in [0.29, 0.717) is 0 Å². The maximum Gasteiger partial charge on any atom is 0.130 e. The van der Waals surface area contributed by atoms with E-state index in [1.165, 1.54) is 12.2 Å². The minimum absolute atomic E-state index is 0.00266. The van der Waals surface area contributed by atoms with Gasteiger partial charge in [0.1, 0.15) is 17.5 Å². The molecule has 0 heterocycles. The lowest BCUT2D eigenvalue weighted by Gasteiger charge is -2.18. The molecule has 0 saturated carbocycles. The third kappa shape index (κ3) is 2.73. The molecule has 1 aromatic carbocycles. The molecular weight excluding hydrogens is 237 g/mol. The highest BCUT2D eigenvalue weighted by Gasteiger charge is 2.19. The Morgan fingerprint density at radius 1 is 1.17 bits per heavy atom. The Kier molecular flexibility index (Phi) is 3.70. The molecule has 1 aliphatic carbocycles. The topological polar surface area (TPSA) is 0 Å². The molecule has 0 N–H and O–H groups in total. The first-order valence-corrected chi connectivity index (χ1v) is 5.75. The summed E-state index contributed by atoms with van der Waals surface area (Å²) in [4.78, 5) is 0. The van der Waals surface area contributed by atoms with E-state index >= 15 is 0 Å². The second kappa shape index (κ2) is 5.25. The minimum atomic E-state index is -0.518. The Morgan fingerprint density at radius 2 is 1.94 bits per heavy atom. The SMILES string of the molecule is CC1C=CC=C(F)C1/C=C/c1cc(F)ccc1F. The van der Waals surface area contributed by atoms with Crippen molar-refractivity contribution in [3.8, 4) is 0 Å². The van der Waals surface area contributed by atoms with Gasteiger partial charge in [-0.2, -0.15) is 0 Å². The average molecular weight is 250 g/mol. The smallest absolute Gasteiger partial charge is 0.130 e. The van der Waals surface area contributed by atoms with Gasteiger partial charge in [0.2, 0.25) is 0 Å². The number of benzene rings is 1. The van der Waals surface area contributed by atoms with E-state index in [-0.39, 0.29) is 17.3 Å². The van der Waals surface area contributed by atoms with Crippen molar-refractivity contribution in [3.05, 3.63) is 65.5 Å². The van der Waals surface area contributed by atoms with Gasteiger partial charge in [0.25, 0.3) is 0 Å². The molecule has 0 nitrogen and oxygen atoms in total. The van der Waals surface area contributed by atoms with Crippen molar-refractivity contribution in [2.24, 2.45) is 11.8 Å². The fraction of sp³-hybridized carbons (Fsp3) is 0.200. The predicted molar refractivity (Wildman–Crippen MR) is 66.4 cm³/mol. The van der Waals surface area contributed by atoms with Gasteiger partial charge in [-0.05, 0) is 30.2 Å². The van der Waals surface area contributed by atoms with Crippen molar-refractivity contribution in [2.75, 3.05) is 0 Å². The summed E-state index contributed by atoms with van der Waals surface area (Å²) in [6.07, 6.45) is 7.91. The van der Waals surface area contributed by atoms with Gasteiger partial charge in [0, 0.05) is 11.5 Å². The Balaban J connectivity index is 2.23. The van der Waals surface area contributed by atoms with E-state index in [1.54, 1.807) is 12.2 Å². The number of halogens is 3. The fourth-order valence-corrected chi connectivity index (χ4v) is 1.92. The standard InChI is InChI=1S/C15H13F3/c1-10-3-2-4-15(18)13(10)7-5-11-9-12(16)6-8-14(11)17/h2-10,13H,1H3/b7-5+. The highest BCUT2D eigenvalue weighted by Crippen LogP contribution is 2.29. The lowest BCUT2D eigenvalue weighted by Crippen LogP contribution is -2.10. The highest BCUT2D eigenvalue weighted by molar-refractivity contribution is 5.51. The van der Waals surface area contributed by atoms with Gasteiger partial charge in [-0.15, -0.1) is 0 Å². The summed E-state index contributed by atoms with van der Waals surface area (Å²) in [5.41, 5.74) is 0.129. The molecule has 2 rings (SSSR count). The number of hydrogen-bond acceptors (Lipinski definition) is 0. The van der Waals surface area contributed by atoms with E-state index in [0.717, 1.165) is 18.2 Å². The Labute approximate surface area is 104 Å². The van der Waals surface area contributed by atoms with E-state index in [4.69, 9.17) is 0 Å². The predicted octanol–water partition coefficient (Wildman–Crippen LogP) is 4.65. The molecule has 0 fully saturated rings. The van der Waals surface area contributed by atoms with Crippen LogP contribution in [-0.4, -0.2) is 0 Å². The summed E-state index contributed by atoms with van der Waals surface area (Å²) in [5.74, 6) is -1.71. The molecule has 0 aromatic heterocycles. The average Bonchev–Trinajstić information content (AvgIpc) is 2.33. The van der Waals surface area contributed by atoms with Gasteiger partial charge >= 0.3 is 0 Å². The fourth-order valence-electron chi connectivity index (χ4n) is 1.92. The summed E-state index contributed by atoms with van der Waals surface area (Å²) < 4.78 is 39.9. The second-order valence-electron chi connectivity index (χ2n) is 4.35. The Morgan fingerprint density at radius 3 is 2.67 bits per heavy atom. The number of hydrogen-bond donors (Lipinski definition) is 0. The quantitative estimate of drug-likeness (QED) is 0.716. The van der Waals surface area contributed by atoms with E-state index in [9.17, 15) is 13.2 Å². The van der Waals surface area contributed by atoms with Crippen molar-refractivity contribution in [2.45, 2.75) is 6.92 Å². The van der Waals surface area contributed by atoms with Crippen LogP contribution in [0.4, 0.5) is 13.2 Å².